The molecule has 2 aromatic carbocycles. The largest absolute Gasteiger partial charge is 0.481 e. The van der Waals surface area contributed by atoms with Crippen LogP contribution in [-0.2, 0) is 21.2 Å². The standard InChI is InChI=1S/C20H24N2O4S/c1-4-19(20(23)22-14-13-15-7-5-6-8-18(15)22)26-17-11-9-16(10-12-17)21(2)27(3,24)25/h5-12,19H,4,13-14H2,1-3H3/t19-/m1/s1. The fourth-order valence-electron chi connectivity index (χ4n) is 3.14. The van der Waals surface area contributed by atoms with E-state index in [1.54, 1.807) is 29.2 Å². The van der Waals surface area contributed by atoms with Gasteiger partial charge in [0.25, 0.3) is 5.91 Å². The molecule has 1 amide bonds. The zero-order valence-corrected chi connectivity index (χ0v) is 16.6. The quantitative estimate of drug-likeness (QED) is 0.763. The van der Waals surface area contributed by atoms with Crippen LogP contribution in [0.2, 0.25) is 0 Å². The van der Waals surface area contributed by atoms with E-state index in [9.17, 15) is 13.2 Å². The summed E-state index contributed by atoms with van der Waals surface area (Å²) < 4.78 is 30.4. The summed E-state index contributed by atoms with van der Waals surface area (Å²) in [5.41, 5.74) is 2.67. The molecule has 7 heteroatoms. The highest BCUT2D eigenvalue weighted by molar-refractivity contribution is 7.92. The lowest BCUT2D eigenvalue weighted by Crippen LogP contribution is -2.41. The third-order valence-corrected chi connectivity index (χ3v) is 5.98. The second-order valence-electron chi connectivity index (χ2n) is 6.61. The van der Waals surface area contributed by atoms with Crippen molar-refractivity contribution in [3.63, 3.8) is 0 Å². The van der Waals surface area contributed by atoms with Crippen LogP contribution in [0.25, 0.3) is 0 Å². The van der Waals surface area contributed by atoms with Crippen LogP contribution in [-0.4, -0.2) is 40.3 Å². The van der Waals surface area contributed by atoms with Gasteiger partial charge in [0.05, 0.1) is 11.9 Å². The van der Waals surface area contributed by atoms with E-state index in [1.165, 1.54) is 16.9 Å². The van der Waals surface area contributed by atoms with Gasteiger partial charge in [-0.3, -0.25) is 9.10 Å². The first-order valence-corrected chi connectivity index (χ1v) is 10.8. The monoisotopic (exact) mass is 388 g/mol. The van der Waals surface area contributed by atoms with Gasteiger partial charge in [-0.05, 0) is 48.7 Å². The molecule has 0 unspecified atom stereocenters. The molecule has 0 radical (unpaired) electrons. The van der Waals surface area contributed by atoms with E-state index >= 15 is 0 Å². The molecule has 27 heavy (non-hydrogen) atoms. The summed E-state index contributed by atoms with van der Waals surface area (Å²) in [5, 5.41) is 0. The second kappa shape index (κ2) is 7.60. The van der Waals surface area contributed by atoms with Gasteiger partial charge in [0.2, 0.25) is 10.0 Å². The Labute approximate surface area is 160 Å². The molecule has 0 spiro atoms. The fraction of sp³-hybridized carbons (Fsp3) is 0.350. The van der Waals surface area contributed by atoms with Gasteiger partial charge < -0.3 is 9.64 Å². The first kappa shape index (κ1) is 19.2. The molecule has 0 aliphatic carbocycles. The molecule has 0 fully saturated rings. The molecule has 1 atom stereocenters. The molecule has 0 aromatic heterocycles. The van der Waals surface area contributed by atoms with Gasteiger partial charge in [0.1, 0.15) is 5.75 Å². The summed E-state index contributed by atoms with van der Waals surface area (Å²) in [6.45, 7) is 2.58. The third kappa shape index (κ3) is 4.08. The average Bonchev–Trinajstić information content (AvgIpc) is 3.09. The van der Waals surface area contributed by atoms with Crippen LogP contribution >= 0.6 is 0 Å². The minimum Gasteiger partial charge on any atom is -0.481 e. The number of hydrogen-bond donors (Lipinski definition) is 0. The van der Waals surface area contributed by atoms with Crippen molar-refractivity contribution in [3.05, 3.63) is 54.1 Å². The SMILES string of the molecule is CC[C@@H](Oc1ccc(N(C)S(C)(=O)=O)cc1)C(=O)N1CCc2ccccc21. The molecule has 1 aliphatic rings. The number of amides is 1. The number of carbonyl (C=O) groups excluding carboxylic acids is 1. The molecule has 6 nitrogen and oxygen atoms in total. The molecule has 2 aromatic rings. The Hall–Kier alpha value is -2.54. The number of ether oxygens (including phenoxy) is 1. The Morgan fingerprint density at radius 3 is 2.48 bits per heavy atom. The van der Waals surface area contributed by atoms with Gasteiger partial charge in [0, 0.05) is 19.3 Å². The number of nitrogens with zero attached hydrogens (tertiary/aromatic N) is 2. The van der Waals surface area contributed by atoms with Crippen molar-refractivity contribution in [1.82, 2.24) is 0 Å². The first-order valence-electron chi connectivity index (χ1n) is 8.91. The minimum atomic E-state index is -3.32. The lowest BCUT2D eigenvalue weighted by molar-refractivity contribution is -0.125. The van der Waals surface area contributed by atoms with E-state index in [2.05, 4.69) is 0 Å². The van der Waals surface area contributed by atoms with E-state index in [0.29, 0.717) is 24.4 Å². The molecule has 144 valence electrons. The molecule has 0 saturated heterocycles. The van der Waals surface area contributed by atoms with Gasteiger partial charge in [-0.25, -0.2) is 8.42 Å². The van der Waals surface area contributed by atoms with Gasteiger partial charge in [-0.15, -0.1) is 0 Å². The van der Waals surface area contributed by atoms with Gasteiger partial charge in [-0.2, -0.15) is 0 Å². The molecule has 0 bridgehead atoms. The normalized spacial score (nSPS) is 14.6. The predicted molar refractivity (Wildman–Crippen MR) is 107 cm³/mol. The van der Waals surface area contributed by atoms with Gasteiger partial charge in [-0.1, -0.05) is 25.1 Å². The molecule has 0 N–H and O–H groups in total. The highest BCUT2D eigenvalue weighted by atomic mass is 32.2. The molecule has 0 saturated carbocycles. The second-order valence-corrected chi connectivity index (χ2v) is 8.62. The van der Waals surface area contributed by atoms with Crippen LogP contribution in [0.4, 0.5) is 11.4 Å². The van der Waals surface area contributed by atoms with Crippen LogP contribution in [0.1, 0.15) is 18.9 Å². The van der Waals surface area contributed by atoms with Crippen LogP contribution < -0.4 is 13.9 Å². The summed E-state index contributed by atoms with van der Waals surface area (Å²) in [4.78, 5) is 14.8. The van der Waals surface area contributed by atoms with E-state index in [0.717, 1.165) is 18.4 Å². The number of para-hydroxylation sites is 1. The maximum Gasteiger partial charge on any atom is 0.268 e. The van der Waals surface area contributed by atoms with Crippen molar-refractivity contribution in [2.24, 2.45) is 0 Å². The van der Waals surface area contributed by atoms with E-state index in [4.69, 9.17) is 4.74 Å². The predicted octanol–water partition coefficient (Wildman–Crippen LogP) is 2.83. The zero-order chi connectivity index (χ0) is 19.6. The molecule has 1 heterocycles. The minimum absolute atomic E-state index is 0.0558. The van der Waals surface area contributed by atoms with E-state index in [-0.39, 0.29) is 5.91 Å². The Kier molecular flexibility index (Phi) is 5.41. The summed E-state index contributed by atoms with van der Waals surface area (Å²) >= 11 is 0. The van der Waals surface area contributed by atoms with Gasteiger partial charge >= 0.3 is 0 Å². The van der Waals surface area contributed by atoms with Crippen molar-refractivity contribution < 1.29 is 17.9 Å². The summed E-state index contributed by atoms with van der Waals surface area (Å²) in [7, 11) is -1.82. The summed E-state index contributed by atoms with van der Waals surface area (Å²) in [6, 6.07) is 14.6. The Bertz CT molecular complexity index is 925. The average molecular weight is 388 g/mol. The van der Waals surface area contributed by atoms with Crippen molar-refractivity contribution >= 4 is 27.3 Å². The first-order chi connectivity index (χ1) is 12.8. The van der Waals surface area contributed by atoms with Crippen LogP contribution in [0.15, 0.2) is 48.5 Å². The van der Waals surface area contributed by atoms with Gasteiger partial charge in [0.15, 0.2) is 6.10 Å². The zero-order valence-electron chi connectivity index (χ0n) is 15.8. The number of rotatable bonds is 6. The highest BCUT2D eigenvalue weighted by Crippen LogP contribution is 2.29. The lowest BCUT2D eigenvalue weighted by Gasteiger charge is -2.24. The summed E-state index contributed by atoms with van der Waals surface area (Å²) in [6.07, 6.45) is 1.96. The van der Waals surface area contributed by atoms with E-state index in [1.807, 2.05) is 31.2 Å². The fourth-order valence-corrected chi connectivity index (χ4v) is 3.64. The number of benzene rings is 2. The van der Waals surface area contributed by atoms with Crippen molar-refractivity contribution in [2.75, 3.05) is 29.1 Å². The number of sulfonamides is 1. The number of anilines is 2. The maximum atomic E-state index is 13.0. The number of carbonyl (C=O) groups is 1. The molecule has 3 rings (SSSR count). The van der Waals surface area contributed by atoms with Crippen LogP contribution in [0.3, 0.4) is 0 Å². The molecular weight excluding hydrogens is 364 g/mol. The Morgan fingerprint density at radius 2 is 1.85 bits per heavy atom. The third-order valence-electron chi connectivity index (χ3n) is 4.78. The van der Waals surface area contributed by atoms with Crippen molar-refractivity contribution in [1.29, 1.82) is 0 Å². The number of hydrogen-bond acceptors (Lipinski definition) is 4. The Balaban J connectivity index is 1.73. The number of fused-ring (bicyclic) bond motifs is 1. The van der Waals surface area contributed by atoms with E-state index < -0.39 is 16.1 Å². The topological polar surface area (TPSA) is 66.9 Å². The van der Waals surface area contributed by atoms with Crippen LogP contribution in [0.5, 0.6) is 5.75 Å². The lowest BCUT2D eigenvalue weighted by atomic mass is 10.2. The van der Waals surface area contributed by atoms with Crippen LogP contribution in [0, 0.1) is 0 Å². The summed E-state index contributed by atoms with van der Waals surface area (Å²) in [5.74, 6) is 0.480. The smallest absolute Gasteiger partial charge is 0.268 e. The highest BCUT2D eigenvalue weighted by Gasteiger charge is 2.30. The molecular formula is C20H24N2O4S. The van der Waals surface area contributed by atoms with Crippen molar-refractivity contribution in [2.45, 2.75) is 25.9 Å². The van der Waals surface area contributed by atoms with Crippen molar-refractivity contribution in [3.8, 4) is 5.75 Å². The Morgan fingerprint density at radius 1 is 1.19 bits per heavy atom. The molecule has 1 aliphatic heterocycles. The maximum absolute atomic E-state index is 13.0.